The lowest BCUT2D eigenvalue weighted by molar-refractivity contribution is 0.00693. The molecule has 0 saturated heterocycles. The van der Waals surface area contributed by atoms with E-state index >= 15 is 0 Å². The minimum Gasteiger partial charge on any atom is -0.456 e. The fourth-order valence-electron chi connectivity index (χ4n) is 1.45. The molecule has 1 aromatic carbocycles. The second-order valence-electron chi connectivity index (χ2n) is 5.05. The second kappa shape index (κ2) is 5.32. The van der Waals surface area contributed by atoms with E-state index in [1.165, 1.54) is 0 Å². The molecule has 0 aliphatic carbocycles. The molecule has 3 nitrogen and oxygen atoms in total. The van der Waals surface area contributed by atoms with Gasteiger partial charge in [0.2, 0.25) is 0 Å². The first-order valence-electron chi connectivity index (χ1n) is 5.85. The van der Waals surface area contributed by atoms with Gasteiger partial charge in [0.05, 0.1) is 11.7 Å². The first-order chi connectivity index (χ1) is 7.83. The third-order valence-electron chi connectivity index (χ3n) is 2.29. The summed E-state index contributed by atoms with van der Waals surface area (Å²) in [7, 11) is 0. The molecule has 0 spiro atoms. The molecule has 1 aromatic rings. The molecule has 1 rings (SSSR count). The number of carbonyl (C=O) groups excluding carboxylic acids is 1. The summed E-state index contributed by atoms with van der Waals surface area (Å²) >= 11 is 0. The number of rotatable bonds is 3. The largest absolute Gasteiger partial charge is 0.456 e. The van der Waals surface area contributed by atoms with Gasteiger partial charge in [-0.25, -0.2) is 4.79 Å². The highest BCUT2D eigenvalue weighted by Gasteiger charge is 2.18. The number of esters is 1. The summed E-state index contributed by atoms with van der Waals surface area (Å²) in [6.07, 6.45) is 0.0926. The SMILES string of the molecule is CC[C@H](O)c1cccc(C(=O)OC(C)(C)C)c1. The van der Waals surface area contributed by atoms with Crippen molar-refractivity contribution in [3.63, 3.8) is 0 Å². The minimum absolute atomic E-state index is 0.359. The maximum Gasteiger partial charge on any atom is 0.338 e. The predicted octanol–water partition coefficient (Wildman–Crippen LogP) is 3.09. The monoisotopic (exact) mass is 236 g/mol. The molecule has 0 unspecified atom stereocenters. The summed E-state index contributed by atoms with van der Waals surface area (Å²) in [6.45, 7) is 7.38. The minimum atomic E-state index is -0.530. The lowest BCUT2D eigenvalue weighted by atomic mass is 10.0. The second-order valence-corrected chi connectivity index (χ2v) is 5.05. The summed E-state index contributed by atoms with van der Waals surface area (Å²) in [5, 5.41) is 9.72. The van der Waals surface area contributed by atoms with E-state index in [-0.39, 0.29) is 5.97 Å². The van der Waals surface area contributed by atoms with Gasteiger partial charge in [-0.1, -0.05) is 19.1 Å². The topological polar surface area (TPSA) is 46.5 Å². The molecule has 94 valence electrons. The first kappa shape index (κ1) is 13.7. The van der Waals surface area contributed by atoms with E-state index < -0.39 is 11.7 Å². The van der Waals surface area contributed by atoms with Crippen LogP contribution in [0.25, 0.3) is 0 Å². The summed E-state index contributed by atoms with van der Waals surface area (Å²) in [6, 6.07) is 6.94. The highest BCUT2D eigenvalue weighted by atomic mass is 16.6. The molecule has 0 radical (unpaired) electrons. The maximum absolute atomic E-state index is 11.8. The Kier molecular flexibility index (Phi) is 4.29. The van der Waals surface area contributed by atoms with E-state index in [2.05, 4.69) is 0 Å². The van der Waals surface area contributed by atoms with Gasteiger partial charge in [-0.15, -0.1) is 0 Å². The Hall–Kier alpha value is -1.35. The molecule has 0 amide bonds. The highest BCUT2D eigenvalue weighted by molar-refractivity contribution is 5.89. The van der Waals surface area contributed by atoms with Gasteiger partial charge >= 0.3 is 5.97 Å². The third kappa shape index (κ3) is 4.19. The number of hydrogen-bond acceptors (Lipinski definition) is 3. The molecule has 0 fully saturated rings. The number of hydrogen-bond donors (Lipinski definition) is 1. The smallest absolute Gasteiger partial charge is 0.338 e. The fraction of sp³-hybridized carbons (Fsp3) is 0.500. The molecule has 0 saturated carbocycles. The Bertz CT molecular complexity index is 391. The first-order valence-corrected chi connectivity index (χ1v) is 5.85. The molecule has 0 aliphatic rings. The normalized spacial score (nSPS) is 13.2. The van der Waals surface area contributed by atoms with Crippen LogP contribution in [0.3, 0.4) is 0 Å². The van der Waals surface area contributed by atoms with Gasteiger partial charge in [0.1, 0.15) is 5.60 Å². The predicted molar refractivity (Wildman–Crippen MR) is 66.9 cm³/mol. The standard InChI is InChI=1S/C14H20O3/c1-5-12(15)10-7-6-8-11(9-10)13(16)17-14(2,3)4/h6-9,12,15H,5H2,1-4H3/t12-/m0/s1. The van der Waals surface area contributed by atoms with Gasteiger partial charge in [0.15, 0.2) is 0 Å². The lowest BCUT2D eigenvalue weighted by Crippen LogP contribution is -2.24. The average molecular weight is 236 g/mol. The summed E-state index contributed by atoms with van der Waals surface area (Å²) < 4.78 is 5.27. The molecule has 1 atom stereocenters. The van der Waals surface area contributed by atoms with Crippen LogP contribution >= 0.6 is 0 Å². The molecule has 17 heavy (non-hydrogen) atoms. The number of ether oxygens (including phenoxy) is 1. The van der Waals surface area contributed by atoms with Gasteiger partial charge in [-0.3, -0.25) is 0 Å². The van der Waals surface area contributed by atoms with E-state index in [4.69, 9.17) is 4.74 Å². The van der Waals surface area contributed by atoms with E-state index in [9.17, 15) is 9.90 Å². The van der Waals surface area contributed by atoms with Crippen molar-refractivity contribution in [1.82, 2.24) is 0 Å². The van der Waals surface area contributed by atoms with E-state index in [1.807, 2.05) is 33.8 Å². The number of benzene rings is 1. The van der Waals surface area contributed by atoms with Crippen molar-refractivity contribution in [2.75, 3.05) is 0 Å². The van der Waals surface area contributed by atoms with E-state index in [0.717, 1.165) is 5.56 Å². The van der Waals surface area contributed by atoms with Crippen molar-refractivity contribution < 1.29 is 14.6 Å². The third-order valence-corrected chi connectivity index (χ3v) is 2.29. The Morgan fingerprint density at radius 2 is 2.06 bits per heavy atom. The van der Waals surface area contributed by atoms with Crippen LogP contribution in [0.4, 0.5) is 0 Å². The molecule has 0 heterocycles. The van der Waals surface area contributed by atoms with E-state index in [0.29, 0.717) is 12.0 Å². The van der Waals surface area contributed by atoms with Crippen molar-refractivity contribution in [2.24, 2.45) is 0 Å². The van der Waals surface area contributed by atoms with Crippen molar-refractivity contribution in [1.29, 1.82) is 0 Å². The molecule has 1 N–H and O–H groups in total. The van der Waals surface area contributed by atoms with Crippen LogP contribution in [0.1, 0.15) is 56.1 Å². The van der Waals surface area contributed by atoms with Crippen LogP contribution in [0.5, 0.6) is 0 Å². The maximum atomic E-state index is 11.8. The highest BCUT2D eigenvalue weighted by Crippen LogP contribution is 2.19. The number of aliphatic hydroxyl groups is 1. The molecular formula is C14H20O3. The van der Waals surface area contributed by atoms with Crippen molar-refractivity contribution in [3.8, 4) is 0 Å². The zero-order valence-corrected chi connectivity index (χ0v) is 10.9. The van der Waals surface area contributed by atoms with Crippen molar-refractivity contribution in [3.05, 3.63) is 35.4 Å². The molecule has 0 aliphatic heterocycles. The Labute approximate surface area is 102 Å². The van der Waals surface area contributed by atoms with Crippen molar-refractivity contribution in [2.45, 2.75) is 45.8 Å². The Morgan fingerprint density at radius 3 is 2.59 bits per heavy atom. The number of carbonyl (C=O) groups is 1. The van der Waals surface area contributed by atoms with Crippen LogP contribution < -0.4 is 0 Å². The average Bonchev–Trinajstić information content (AvgIpc) is 2.26. The zero-order valence-electron chi connectivity index (χ0n) is 10.9. The van der Waals surface area contributed by atoms with Gasteiger partial charge in [0, 0.05) is 0 Å². The fourth-order valence-corrected chi connectivity index (χ4v) is 1.45. The zero-order chi connectivity index (χ0) is 13.1. The summed E-state index contributed by atoms with van der Waals surface area (Å²) in [4.78, 5) is 11.8. The van der Waals surface area contributed by atoms with Gasteiger partial charge in [-0.2, -0.15) is 0 Å². The van der Waals surface area contributed by atoms with Crippen LogP contribution in [0, 0.1) is 0 Å². The number of aliphatic hydroxyl groups excluding tert-OH is 1. The molecular weight excluding hydrogens is 216 g/mol. The molecule has 0 bridgehead atoms. The lowest BCUT2D eigenvalue weighted by Gasteiger charge is -2.19. The van der Waals surface area contributed by atoms with Gasteiger partial charge in [-0.05, 0) is 44.9 Å². The summed E-state index contributed by atoms with van der Waals surface area (Å²) in [5.41, 5.74) is 0.719. The van der Waals surface area contributed by atoms with Gasteiger partial charge in [0.25, 0.3) is 0 Å². The quantitative estimate of drug-likeness (QED) is 0.820. The van der Waals surface area contributed by atoms with Crippen LogP contribution in [0.2, 0.25) is 0 Å². The van der Waals surface area contributed by atoms with E-state index in [1.54, 1.807) is 18.2 Å². The summed E-state index contributed by atoms with van der Waals surface area (Å²) in [5.74, 6) is -0.359. The molecule has 0 aromatic heterocycles. The van der Waals surface area contributed by atoms with Crippen molar-refractivity contribution >= 4 is 5.97 Å². The van der Waals surface area contributed by atoms with Crippen LogP contribution in [-0.2, 0) is 4.74 Å². The molecule has 3 heteroatoms. The van der Waals surface area contributed by atoms with Crippen LogP contribution in [-0.4, -0.2) is 16.7 Å². The van der Waals surface area contributed by atoms with Gasteiger partial charge < -0.3 is 9.84 Å². The van der Waals surface area contributed by atoms with Crippen LogP contribution in [0.15, 0.2) is 24.3 Å². The Morgan fingerprint density at radius 1 is 1.41 bits per heavy atom. The Balaban J connectivity index is 2.88.